The molecule has 1 atom stereocenters. The summed E-state index contributed by atoms with van der Waals surface area (Å²) in [6.07, 6.45) is 3.02. The van der Waals surface area contributed by atoms with Crippen molar-refractivity contribution < 1.29 is 22.7 Å². The van der Waals surface area contributed by atoms with E-state index >= 15 is 0 Å². The molecule has 1 aromatic carbocycles. The molecule has 0 aliphatic heterocycles. The van der Waals surface area contributed by atoms with Crippen LogP contribution in [0.3, 0.4) is 0 Å². The van der Waals surface area contributed by atoms with Gasteiger partial charge in [-0.05, 0) is 48.9 Å². The van der Waals surface area contributed by atoms with Crippen molar-refractivity contribution in [3.8, 4) is 11.5 Å². The SMILES string of the molecule is COc1ccc(OC)c(S(=O)(=O)NNC(=O)c2cc3c(s2)CC[C@H](C)C3)c1. The van der Waals surface area contributed by atoms with Gasteiger partial charge in [0.2, 0.25) is 0 Å². The predicted octanol–water partition coefficient (Wildman–Crippen LogP) is 2.51. The molecular formula is C18H22N2O5S2. The second kappa shape index (κ2) is 7.87. The van der Waals surface area contributed by atoms with Gasteiger partial charge in [0, 0.05) is 10.9 Å². The number of thiophene rings is 1. The first-order valence-corrected chi connectivity index (χ1v) is 10.8. The molecule has 1 aromatic heterocycles. The zero-order valence-corrected chi connectivity index (χ0v) is 17.0. The Morgan fingerprint density at radius 1 is 1.22 bits per heavy atom. The van der Waals surface area contributed by atoms with E-state index in [4.69, 9.17) is 9.47 Å². The van der Waals surface area contributed by atoms with E-state index in [0.29, 0.717) is 16.5 Å². The molecule has 1 amide bonds. The highest BCUT2D eigenvalue weighted by Crippen LogP contribution is 2.32. The number of hydrazine groups is 1. The average molecular weight is 411 g/mol. The number of nitrogens with one attached hydrogen (secondary N) is 2. The molecule has 0 saturated heterocycles. The quantitative estimate of drug-likeness (QED) is 0.714. The standard InChI is InChI=1S/C18H22N2O5S2/c1-11-4-7-15-12(8-11)9-16(26-15)18(21)19-20-27(22,23)17-10-13(24-2)5-6-14(17)25-3/h5-6,9-11,20H,4,7-8H2,1-3H3,(H,19,21)/t11-/m0/s1. The predicted molar refractivity (Wildman–Crippen MR) is 103 cm³/mol. The first kappa shape index (κ1) is 19.7. The number of carbonyl (C=O) groups is 1. The van der Waals surface area contributed by atoms with E-state index in [1.165, 1.54) is 48.1 Å². The van der Waals surface area contributed by atoms with Crippen molar-refractivity contribution in [2.75, 3.05) is 14.2 Å². The third kappa shape index (κ3) is 4.26. The van der Waals surface area contributed by atoms with Crippen molar-refractivity contribution in [2.24, 2.45) is 5.92 Å². The average Bonchev–Trinajstić information content (AvgIpc) is 3.08. The lowest BCUT2D eigenvalue weighted by atomic mass is 9.90. The maximum Gasteiger partial charge on any atom is 0.276 e. The van der Waals surface area contributed by atoms with Crippen LogP contribution in [0.25, 0.3) is 0 Å². The van der Waals surface area contributed by atoms with Crippen molar-refractivity contribution in [1.29, 1.82) is 0 Å². The number of ether oxygens (including phenoxy) is 2. The normalized spacial score (nSPS) is 16.5. The summed E-state index contributed by atoms with van der Waals surface area (Å²) < 4.78 is 35.4. The molecule has 1 aliphatic carbocycles. The van der Waals surface area contributed by atoms with E-state index in [1.807, 2.05) is 6.07 Å². The van der Waals surface area contributed by atoms with Crippen molar-refractivity contribution >= 4 is 27.3 Å². The van der Waals surface area contributed by atoms with Crippen LogP contribution in [0.15, 0.2) is 29.2 Å². The van der Waals surface area contributed by atoms with Gasteiger partial charge in [-0.2, -0.15) is 0 Å². The minimum atomic E-state index is -4.03. The second-order valence-electron chi connectivity index (χ2n) is 6.48. The van der Waals surface area contributed by atoms with E-state index in [2.05, 4.69) is 17.2 Å². The summed E-state index contributed by atoms with van der Waals surface area (Å²) in [4.78, 5) is 16.1. The first-order chi connectivity index (χ1) is 12.8. The van der Waals surface area contributed by atoms with Gasteiger partial charge in [0.15, 0.2) is 0 Å². The van der Waals surface area contributed by atoms with Gasteiger partial charge < -0.3 is 9.47 Å². The topological polar surface area (TPSA) is 93.7 Å². The number of hydrogen-bond donors (Lipinski definition) is 2. The number of sulfonamides is 1. The lowest BCUT2D eigenvalue weighted by Crippen LogP contribution is -2.41. The zero-order valence-electron chi connectivity index (χ0n) is 15.4. The number of rotatable bonds is 6. The molecule has 0 unspecified atom stereocenters. The molecule has 0 saturated carbocycles. The van der Waals surface area contributed by atoms with Crippen molar-refractivity contribution in [1.82, 2.24) is 10.3 Å². The summed E-state index contributed by atoms with van der Waals surface area (Å²) >= 11 is 1.41. The Hall–Kier alpha value is -2.10. The summed E-state index contributed by atoms with van der Waals surface area (Å²) in [7, 11) is -1.22. The minimum Gasteiger partial charge on any atom is -0.497 e. The van der Waals surface area contributed by atoms with Gasteiger partial charge in [0.05, 0.1) is 19.1 Å². The lowest BCUT2D eigenvalue weighted by molar-refractivity contribution is 0.0949. The Balaban J connectivity index is 1.75. The largest absolute Gasteiger partial charge is 0.497 e. The third-order valence-corrected chi connectivity index (χ3v) is 7.02. The molecule has 146 valence electrons. The molecule has 7 nitrogen and oxygen atoms in total. The molecule has 3 rings (SSSR count). The van der Waals surface area contributed by atoms with Crippen LogP contribution in [0.2, 0.25) is 0 Å². The lowest BCUT2D eigenvalue weighted by Gasteiger charge is -2.16. The fraction of sp³-hybridized carbons (Fsp3) is 0.389. The number of fused-ring (bicyclic) bond motifs is 1. The van der Waals surface area contributed by atoms with Gasteiger partial charge in [-0.1, -0.05) is 6.92 Å². The number of amides is 1. The number of carbonyl (C=O) groups excluding carboxylic acids is 1. The van der Waals surface area contributed by atoms with Crippen LogP contribution < -0.4 is 19.7 Å². The zero-order chi connectivity index (χ0) is 19.6. The van der Waals surface area contributed by atoms with Crippen LogP contribution in [-0.4, -0.2) is 28.5 Å². The molecule has 0 spiro atoms. The molecule has 1 aliphatic rings. The van der Waals surface area contributed by atoms with Crippen molar-refractivity contribution in [3.63, 3.8) is 0 Å². The van der Waals surface area contributed by atoms with Crippen LogP contribution in [0.4, 0.5) is 0 Å². The van der Waals surface area contributed by atoms with E-state index in [-0.39, 0.29) is 10.6 Å². The van der Waals surface area contributed by atoms with Gasteiger partial charge in [0.1, 0.15) is 16.4 Å². The highest BCUT2D eigenvalue weighted by atomic mass is 32.2. The maximum absolute atomic E-state index is 12.6. The van der Waals surface area contributed by atoms with E-state index in [0.717, 1.165) is 19.3 Å². The summed E-state index contributed by atoms with van der Waals surface area (Å²) in [5.41, 5.74) is 3.47. The molecule has 0 bridgehead atoms. The Kier molecular flexibility index (Phi) is 5.73. The minimum absolute atomic E-state index is 0.121. The number of aryl methyl sites for hydroxylation is 1. The van der Waals surface area contributed by atoms with Crippen molar-refractivity contribution in [3.05, 3.63) is 39.6 Å². The van der Waals surface area contributed by atoms with Crippen molar-refractivity contribution in [2.45, 2.75) is 31.1 Å². The first-order valence-electron chi connectivity index (χ1n) is 8.50. The summed E-state index contributed by atoms with van der Waals surface area (Å²) in [6.45, 7) is 2.19. The van der Waals surface area contributed by atoms with E-state index in [9.17, 15) is 13.2 Å². The Bertz CT molecular complexity index is 953. The molecule has 0 radical (unpaired) electrons. The molecule has 2 N–H and O–H groups in total. The smallest absolute Gasteiger partial charge is 0.276 e. The van der Waals surface area contributed by atoms with Crippen LogP contribution in [-0.2, 0) is 22.9 Å². The van der Waals surface area contributed by atoms with Gasteiger partial charge in [-0.25, -0.2) is 8.42 Å². The fourth-order valence-electron chi connectivity index (χ4n) is 3.04. The van der Waals surface area contributed by atoms with Gasteiger partial charge in [0.25, 0.3) is 15.9 Å². The Labute approximate surface area is 162 Å². The summed E-state index contributed by atoms with van der Waals surface area (Å²) in [6, 6.07) is 6.27. The number of methoxy groups -OCH3 is 2. The van der Waals surface area contributed by atoms with Gasteiger partial charge in [-0.15, -0.1) is 16.2 Å². The Morgan fingerprint density at radius 3 is 2.70 bits per heavy atom. The van der Waals surface area contributed by atoms with E-state index in [1.54, 1.807) is 6.07 Å². The van der Waals surface area contributed by atoms with E-state index < -0.39 is 15.9 Å². The van der Waals surface area contributed by atoms with Crippen LogP contribution in [0.1, 0.15) is 33.5 Å². The van der Waals surface area contributed by atoms with Gasteiger partial charge >= 0.3 is 0 Å². The molecule has 2 aromatic rings. The molecule has 27 heavy (non-hydrogen) atoms. The van der Waals surface area contributed by atoms with Gasteiger partial charge in [-0.3, -0.25) is 10.2 Å². The monoisotopic (exact) mass is 410 g/mol. The highest BCUT2D eigenvalue weighted by Gasteiger charge is 2.24. The summed E-state index contributed by atoms with van der Waals surface area (Å²) in [5, 5.41) is 0. The Morgan fingerprint density at radius 2 is 2.00 bits per heavy atom. The summed E-state index contributed by atoms with van der Waals surface area (Å²) in [5.74, 6) is 0.634. The number of hydrogen-bond acceptors (Lipinski definition) is 6. The molecule has 9 heteroatoms. The molecule has 0 fully saturated rings. The maximum atomic E-state index is 12.6. The molecular weight excluding hydrogens is 388 g/mol. The second-order valence-corrected chi connectivity index (χ2v) is 9.27. The van der Waals surface area contributed by atoms with Crippen LogP contribution in [0.5, 0.6) is 11.5 Å². The van der Waals surface area contributed by atoms with Crippen LogP contribution >= 0.6 is 11.3 Å². The number of benzene rings is 1. The van der Waals surface area contributed by atoms with Crippen LogP contribution in [0, 0.1) is 5.92 Å². The fourth-order valence-corrected chi connectivity index (χ4v) is 5.17. The molecule has 1 heterocycles. The highest BCUT2D eigenvalue weighted by molar-refractivity contribution is 7.89. The third-order valence-electron chi connectivity index (χ3n) is 4.51.